The number of hydrogen-bond acceptors (Lipinski definition) is 5. The maximum Gasteiger partial charge on any atom is 0.254 e. The third kappa shape index (κ3) is 5.43. The number of ether oxygens (including phenoxy) is 2. The molecular formula is C26H33N3O4. The van der Waals surface area contributed by atoms with Crippen molar-refractivity contribution in [2.75, 3.05) is 59.7 Å². The fourth-order valence-electron chi connectivity index (χ4n) is 4.78. The van der Waals surface area contributed by atoms with Crippen LogP contribution >= 0.6 is 0 Å². The van der Waals surface area contributed by atoms with Gasteiger partial charge in [0.15, 0.2) is 0 Å². The largest absolute Gasteiger partial charge is 0.383 e. The van der Waals surface area contributed by atoms with E-state index >= 15 is 0 Å². The predicted octanol–water partition coefficient (Wildman–Crippen LogP) is 2.45. The first-order valence-corrected chi connectivity index (χ1v) is 11.7. The Bertz CT molecular complexity index is 930. The molecule has 4 rings (SSSR count). The molecule has 0 radical (unpaired) electrons. The molecule has 0 aliphatic carbocycles. The Morgan fingerprint density at radius 1 is 1.06 bits per heavy atom. The van der Waals surface area contributed by atoms with E-state index in [9.17, 15) is 9.59 Å². The van der Waals surface area contributed by atoms with Gasteiger partial charge >= 0.3 is 0 Å². The van der Waals surface area contributed by atoms with E-state index in [1.165, 1.54) is 0 Å². The average molecular weight is 452 g/mol. The molecule has 2 heterocycles. The minimum atomic E-state index is -0.485. The van der Waals surface area contributed by atoms with Crippen LogP contribution in [0.25, 0.3) is 0 Å². The Morgan fingerprint density at radius 3 is 2.55 bits per heavy atom. The van der Waals surface area contributed by atoms with Crippen LogP contribution in [0.1, 0.15) is 39.9 Å². The quantitative estimate of drug-likeness (QED) is 0.593. The fourth-order valence-corrected chi connectivity index (χ4v) is 4.78. The van der Waals surface area contributed by atoms with Crippen molar-refractivity contribution < 1.29 is 19.1 Å². The second-order valence-electron chi connectivity index (χ2n) is 8.51. The third-order valence-corrected chi connectivity index (χ3v) is 6.45. The van der Waals surface area contributed by atoms with Crippen molar-refractivity contribution in [1.29, 1.82) is 0 Å². The Hall–Kier alpha value is -2.74. The van der Waals surface area contributed by atoms with E-state index in [2.05, 4.69) is 10.2 Å². The molecule has 2 aromatic carbocycles. The molecule has 2 aliphatic heterocycles. The van der Waals surface area contributed by atoms with Crippen molar-refractivity contribution in [3.63, 3.8) is 0 Å². The lowest BCUT2D eigenvalue weighted by molar-refractivity contribution is -0.124. The van der Waals surface area contributed by atoms with Crippen molar-refractivity contribution in [2.24, 2.45) is 0 Å². The van der Waals surface area contributed by atoms with Crippen molar-refractivity contribution in [2.45, 2.75) is 18.4 Å². The second-order valence-corrected chi connectivity index (χ2v) is 8.51. The molecule has 2 amide bonds. The van der Waals surface area contributed by atoms with Gasteiger partial charge in [-0.3, -0.25) is 14.5 Å². The van der Waals surface area contributed by atoms with E-state index in [-0.39, 0.29) is 17.9 Å². The molecular weight excluding hydrogens is 418 g/mol. The van der Waals surface area contributed by atoms with E-state index in [1.54, 1.807) is 12.0 Å². The Kier molecular flexibility index (Phi) is 8.10. The average Bonchev–Trinajstić information content (AvgIpc) is 2.87. The Morgan fingerprint density at radius 2 is 1.79 bits per heavy atom. The van der Waals surface area contributed by atoms with Gasteiger partial charge in [0.1, 0.15) is 0 Å². The van der Waals surface area contributed by atoms with Gasteiger partial charge in [-0.25, -0.2) is 0 Å². The number of carbonyl (C=O) groups excluding carboxylic acids is 2. The molecule has 0 bridgehead atoms. The summed E-state index contributed by atoms with van der Waals surface area (Å²) in [6.45, 7) is 5.79. The van der Waals surface area contributed by atoms with E-state index in [0.29, 0.717) is 25.3 Å². The SMILES string of the molecule is COCCN1C(=O)c2ccccc2C(C(=O)NCCCN2CCOCC2)C1c1ccccc1. The maximum absolute atomic E-state index is 13.6. The second kappa shape index (κ2) is 11.4. The minimum Gasteiger partial charge on any atom is -0.383 e. The number of nitrogens with zero attached hydrogens (tertiary/aromatic N) is 2. The first-order valence-electron chi connectivity index (χ1n) is 11.7. The van der Waals surface area contributed by atoms with Gasteiger partial charge in [0.2, 0.25) is 5.91 Å². The number of methoxy groups -OCH3 is 1. The Balaban J connectivity index is 1.57. The minimum absolute atomic E-state index is 0.0480. The van der Waals surface area contributed by atoms with Crippen molar-refractivity contribution in [3.8, 4) is 0 Å². The molecule has 7 nitrogen and oxygen atoms in total. The number of benzene rings is 2. The number of hydrogen-bond donors (Lipinski definition) is 1. The normalized spacial score (nSPS) is 21.0. The summed E-state index contributed by atoms with van der Waals surface area (Å²) in [5.74, 6) is -0.595. The van der Waals surface area contributed by atoms with Gasteiger partial charge in [-0.15, -0.1) is 0 Å². The highest BCUT2D eigenvalue weighted by atomic mass is 16.5. The molecule has 2 aliphatic rings. The van der Waals surface area contributed by atoms with Crippen LogP contribution in [0.4, 0.5) is 0 Å². The molecule has 0 aromatic heterocycles. The van der Waals surface area contributed by atoms with Crippen LogP contribution in [0.15, 0.2) is 54.6 Å². The lowest BCUT2D eigenvalue weighted by atomic mass is 9.79. The lowest BCUT2D eigenvalue weighted by Crippen LogP contribution is -2.48. The molecule has 33 heavy (non-hydrogen) atoms. The zero-order chi connectivity index (χ0) is 23.0. The van der Waals surface area contributed by atoms with Crippen molar-refractivity contribution >= 4 is 11.8 Å². The number of amides is 2. The lowest BCUT2D eigenvalue weighted by Gasteiger charge is -2.41. The van der Waals surface area contributed by atoms with E-state index in [0.717, 1.165) is 50.4 Å². The zero-order valence-corrected chi connectivity index (χ0v) is 19.2. The summed E-state index contributed by atoms with van der Waals surface area (Å²) in [7, 11) is 1.62. The van der Waals surface area contributed by atoms with Gasteiger partial charge in [-0.2, -0.15) is 0 Å². The third-order valence-electron chi connectivity index (χ3n) is 6.45. The molecule has 1 fully saturated rings. The molecule has 7 heteroatoms. The molecule has 1 N–H and O–H groups in total. The number of carbonyl (C=O) groups is 2. The van der Waals surface area contributed by atoms with Gasteiger partial charge in [0.25, 0.3) is 5.91 Å². The van der Waals surface area contributed by atoms with E-state index in [1.807, 2.05) is 54.6 Å². The summed E-state index contributed by atoms with van der Waals surface area (Å²) in [6, 6.07) is 16.9. The zero-order valence-electron chi connectivity index (χ0n) is 19.2. The number of nitrogens with one attached hydrogen (secondary N) is 1. The highest BCUT2D eigenvalue weighted by Gasteiger charge is 2.43. The summed E-state index contributed by atoms with van der Waals surface area (Å²) in [6.07, 6.45) is 0.877. The summed E-state index contributed by atoms with van der Waals surface area (Å²) < 4.78 is 10.7. The van der Waals surface area contributed by atoms with Crippen LogP contribution in [-0.2, 0) is 14.3 Å². The van der Waals surface area contributed by atoms with Crippen LogP contribution in [0.5, 0.6) is 0 Å². The van der Waals surface area contributed by atoms with E-state index < -0.39 is 5.92 Å². The highest BCUT2D eigenvalue weighted by molar-refractivity contribution is 6.01. The standard InChI is InChI=1S/C26H33N3O4/c1-32-17-16-29-24(20-8-3-2-4-9-20)23(21-10-5-6-11-22(21)26(29)31)25(30)27-12-7-13-28-14-18-33-19-15-28/h2-6,8-11,23-24H,7,12-19H2,1H3,(H,27,30). The summed E-state index contributed by atoms with van der Waals surface area (Å²) in [5, 5.41) is 3.16. The number of morpholine rings is 1. The number of fused-ring (bicyclic) bond motifs is 1. The maximum atomic E-state index is 13.6. The van der Waals surface area contributed by atoms with Gasteiger partial charge in [0.05, 0.1) is 31.8 Å². The monoisotopic (exact) mass is 451 g/mol. The van der Waals surface area contributed by atoms with Gasteiger partial charge in [-0.05, 0) is 30.2 Å². The van der Waals surface area contributed by atoms with Gasteiger partial charge in [-0.1, -0.05) is 48.5 Å². The molecule has 1 saturated heterocycles. The first kappa shape index (κ1) is 23.4. The predicted molar refractivity (Wildman–Crippen MR) is 126 cm³/mol. The van der Waals surface area contributed by atoms with Gasteiger partial charge in [0, 0.05) is 38.9 Å². The molecule has 0 spiro atoms. The van der Waals surface area contributed by atoms with Crippen LogP contribution < -0.4 is 5.32 Å². The smallest absolute Gasteiger partial charge is 0.254 e. The molecule has 0 saturated carbocycles. The van der Waals surface area contributed by atoms with E-state index in [4.69, 9.17) is 9.47 Å². The molecule has 2 unspecified atom stereocenters. The molecule has 2 atom stereocenters. The van der Waals surface area contributed by atoms with Crippen molar-refractivity contribution in [3.05, 3.63) is 71.3 Å². The highest BCUT2D eigenvalue weighted by Crippen LogP contribution is 2.42. The van der Waals surface area contributed by atoms with Crippen molar-refractivity contribution in [1.82, 2.24) is 15.1 Å². The summed E-state index contributed by atoms with van der Waals surface area (Å²) in [4.78, 5) is 31.2. The number of rotatable bonds is 9. The fraction of sp³-hybridized carbons (Fsp3) is 0.462. The molecule has 176 valence electrons. The first-order chi connectivity index (χ1) is 16.2. The summed E-state index contributed by atoms with van der Waals surface area (Å²) >= 11 is 0. The van der Waals surface area contributed by atoms with Crippen LogP contribution in [-0.4, -0.2) is 81.3 Å². The molecule has 2 aromatic rings. The van der Waals surface area contributed by atoms with Gasteiger partial charge < -0.3 is 19.7 Å². The summed E-state index contributed by atoms with van der Waals surface area (Å²) in [5.41, 5.74) is 2.33. The van der Waals surface area contributed by atoms with Crippen LogP contribution in [0.2, 0.25) is 0 Å². The van der Waals surface area contributed by atoms with Crippen LogP contribution in [0.3, 0.4) is 0 Å². The topological polar surface area (TPSA) is 71.1 Å². The van der Waals surface area contributed by atoms with Crippen LogP contribution in [0, 0.1) is 0 Å². The Labute approximate surface area is 195 Å².